The van der Waals surface area contributed by atoms with Gasteiger partial charge >= 0.3 is 0 Å². The summed E-state index contributed by atoms with van der Waals surface area (Å²) in [4.78, 5) is 23.0. The third kappa shape index (κ3) is 4.05. The van der Waals surface area contributed by atoms with Crippen molar-refractivity contribution in [3.63, 3.8) is 0 Å². The summed E-state index contributed by atoms with van der Waals surface area (Å²) >= 11 is 0. The number of Topliss-reactive ketones (excluding diaryl/α,β-unsaturated/α-hetero) is 1. The monoisotopic (exact) mass is 247 g/mol. The van der Waals surface area contributed by atoms with Crippen LogP contribution in [-0.2, 0) is 4.79 Å². The van der Waals surface area contributed by atoms with Gasteiger partial charge in [-0.25, -0.2) is 0 Å². The molecule has 0 heterocycles. The van der Waals surface area contributed by atoms with Gasteiger partial charge in [-0.15, -0.1) is 6.58 Å². The number of hydrogen-bond acceptors (Lipinski definition) is 3. The first-order valence-corrected chi connectivity index (χ1v) is 5.81. The number of amides is 1. The van der Waals surface area contributed by atoms with Crippen LogP contribution < -0.4 is 10.1 Å². The molecule has 0 fully saturated rings. The zero-order valence-corrected chi connectivity index (χ0v) is 10.4. The van der Waals surface area contributed by atoms with Crippen molar-refractivity contribution in [1.82, 2.24) is 5.32 Å². The van der Waals surface area contributed by atoms with Gasteiger partial charge in [0.15, 0.2) is 12.4 Å². The molecule has 0 saturated carbocycles. The van der Waals surface area contributed by atoms with E-state index in [1.54, 1.807) is 37.3 Å². The van der Waals surface area contributed by atoms with E-state index in [0.717, 1.165) is 0 Å². The molecule has 1 amide bonds. The van der Waals surface area contributed by atoms with E-state index in [4.69, 9.17) is 4.74 Å². The molecular formula is C14H17NO3. The second-order valence-corrected chi connectivity index (χ2v) is 3.65. The first-order chi connectivity index (χ1) is 8.69. The summed E-state index contributed by atoms with van der Waals surface area (Å²) in [7, 11) is 0. The lowest BCUT2D eigenvalue weighted by atomic mass is 10.1. The number of ketones is 1. The van der Waals surface area contributed by atoms with Gasteiger partial charge in [0, 0.05) is 13.0 Å². The molecule has 1 aromatic carbocycles. The maximum atomic E-state index is 11.7. The molecule has 96 valence electrons. The standard InChI is InChI=1S/C14H17NO3/c1-3-9-15-14(17)10-18-13-8-6-5-7-11(13)12(16)4-2/h3,5-8H,1,4,9-10H2,2H3,(H,15,17). The summed E-state index contributed by atoms with van der Waals surface area (Å²) in [6.45, 7) is 5.58. The number of rotatable bonds is 7. The van der Waals surface area contributed by atoms with E-state index in [2.05, 4.69) is 11.9 Å². The van der Waals surface area contributed by atoms with Gasteiger partial charge in [-0.3, -0.25) is 9.59 Å². The topological polar surface area (TPSA) is 55.4 Å². The zero-order chi connectivity index (χ0) is 13.4. The molecule has 0 radical (unpaired) electrons. The molecule has 18 heavy (non-hydrogen) atoms. The smallest absolute Gasteiger partial charge is 0.258 e. The van der Waals surface area contributed by atoms with Gasteiger partial charge in [0.2, 0.25) is 0 Å². The third-order valence-corrected chi connectivity index (χ3v) is 2.31. The van der Waals surface area contributed by atoms with Gasteiger partial charge in [0.1, 0.15) is 5.75 Å². The van der Waals surface area contributed by atoms with Crippen LogP contribution in [0, 0.1) is 0 Å². The number of hydrogen-bond donors (Lipinski definition) is 1. The average Bonchev–Trinajstić information content (AvgIpc) is 2.42. The maximum absolute atomic E-state index is 11.7. The Morgan fingerprint density at radius 2 is 2.11 bits per heavy atom. The van der Waals surface area contributed by atoms with Crippen molar-refractivity contribution in [2.24, 2.45) is 0 Å². The summed E-state index contributed by atoms with van der Waals surface area (Å²) in [5.41, 5.74) is 0.511. The van der Waals surface area contributed by atoms with Crippen LogP contribution in [0.1, 0.15) is 23.7 Å². The van der Waals surface area contributed by atoms with E-state index in [0.29, 0.717) is 24.3 Å². The van der Waals surface area contributed by atoms with Crippen LogP contribution >= 0.6 is 0 Å². The van der Waals surface area contributed by atoms with E-state index in [9.17, 15) is 9.59 Å². The molecular weight excluding hydrogens is 230 g/mol. The van der Waals surface area contributed by atoms with E-state index < -0.39 is 0 Å². The average molecular weight is 247 g/mol. The lowest BCUT2D eigenvalue weighted by Gasteiger charge is -2.09. The molecule has 1 rings (SSSR count). The fourth-order valence-corrected chi connectivity index (χ4v) is 1.39. The van der Waals surface area contributed by atoms with Crippen molar-refractivity contribution in [3.05, 3.63) is 42.5 Å². The number of para-hydroxylation sites is 1. The Morgan fingerprint density at radius 1 is 1.39 bits per heavy atom. The Bertz CT molecular complexity index is 440. The van der Waals surface area contributed by atoms with Gasteiger partial charge in [-0.05, 0) is 12.1 Å². The number of carbonyl (C=O) groups is 2. The molecule has 0 atom stereocenters. The molecule has 0 spiro atoms. The summed E-state index contributed by atoms with van der Waals surface area (Å²) in [5, 5.41) is 2.60. The van der Waals surface area contributed by atoms with E-state index in [1.165, 1.54) is 0 Å². The fraction of sp³-hybridized carbons (Fsp3) is 0.286. The highest BCUT2D eigenvalue weighted by molar-refractivity contribution is 5.98. The molecule has 4 heteroatoms. The predicted molar refractivity (Wildman–Crippen MR) is 69.8 cm³/mol. The fourth-order valence-electron chi connectivity index (χ4n) is 1.39. The van der Waals surface area contributed by atoms with Crippen LogP contribution in [0.5, 0.6) is 5.75 Å². The lowest BCUT2D eigenvalue weighted by Crippen LogP contribution is -2.29. The van der Waals surface area contributed by atoms with Gasteiger partial charge in [-0.2, -0.15) is 0 Å². The SMILES string of the molecule is C=CCNC(=O)COc1ccccc1C(=O)CC. The Morgan fingerprint density at radius 3 is 2.78 bits per heavy atom. The minimum absolute atomic E-state index is 0.00269. The number of benzene rings is 1. The molecule has 0 aliphatic rings. The van der Waals surface area contributed by atoms with Crippen molar-refractivity contribution in [2.45, 2.75) is 13.3 Å². The van der Waals surface area contributed by atoms with Crippen LogP contribution in [-0.4, -0.2) is 24.8 Å². The third-order valence-electron chi connectivity index (χ3n) is 2.31. The summed E-state index contributed by atoms with van der Waals surface area (Å²) in [6, 6.07) is 6.92. The van der Waals surface area contributed by atoms with Gasteiger partial charge in [0.25, 0.3) is 5.91 Å². The minimum Gasteiger partial charge on any atom is -0.483 e. The largest absolute Gasteiger partial charge is 0.483 e. The molecule has 0 unspecified atom stereocenters. The second-order valence-electron chi connectivity index (χ2n) is 3.65. The van der Waals surface area contributed by atoms with Crippen LogP contribution in [0.4, 0.5) is 0 Å². The molecule has 0 aliphatic heterocycles. The maximum Gasteiger partial charge on any atom is 0.258 e. The molecule has 0 aliphatic carbocycles. The highest BCUT2D eigenvalue weighted by atomic mass is 16.5. The van der Waals surface area contributed by atoms with Crippen molar-refractivity contribution in [1.29, 1.82) is 0 Å². The normalized spacial score (nSPS) is 9.61. The first kappa shape index (κ1) is 14.0. The van der Waals surface area contributed by atoms with Crippen LogP contribution in [0.15, 0.2) is 36.9 Å². The number of carbonyl (C=O) groups excluding carboxylic acids is 2. The lowest BCUT2D eigenvalue weighted by molar-refractivity contribution is -0.122. The molecule has 1 N–H and O–H groups in total. The molecule has 0 bridgehead atoms. The van der Waals surface area contributed by atoms with Crippen molar-refractivity contribution < 1.29 is 14.3 Å². The summed E-state index contributed by atoms with van der Waals surface area (Å²) in [6.07, 6.45) is 2.00. The van der Waals surface area contributed by atoms with Crippen LogP contribution in [0.2, 0.25) is 0 Å². The highest BCUT2D eigenvalue weighted by Crippen LogP contribution is 2.19. The quantitative estimate of drug-likeness (QED) is 0.592. The van der Waals surface area contributed by atoms with Crippen molar-refractivity contribution >= 4 is 11.7 Å². The van der Waals surface area contributed by atoms with Crippen molar-refractivity contribution in [2.75, 3.05) is 13.2 Å². The van der Waals surface area contributed by atoms with Gasteiger partial charge in [-0.1, -0.05) is 25.1 Å². The summed E-state index contributed by atoms with van der Waals surface area (Å²) in [5.74, 6) is 0.198. The first-order valence-electron chi connectivity index (χ1n) is 5.81. The second kappa shape index (κ2) is 7.27. The molecule has 1 aromatic rings. The van der Waals surface area contributed by atoms with E-state index >= 15 is 0 Å². The van der Waals surface area contributed by atoms with E-state index in [1.807, 2.05) is 0 Å². The molecule has 0 saturated heterocycles. The highest BCUT2D eigenvalue weighted by Gasteiger charge is 2.11. The van der Waals surface area contributed by atoms with E-state index in [-0.39, 0.29) is 18.3 Å². The summed E-state index contributed by atoms with van der Waals surface area (Å²) < 4.78 is 5.35. The zero-order valence-electron chi connectivity index (χ0n) is 10.4. The Balaban J connectivity index is 2.64. The van der Waals surface area contributed by atoms with Gasteiger partial charge < -0.3 is 10.1 Å². The molecule has 4 nitrogen and oxygen atoms in total. The van der Waals surface area contributed by atoms with Crippen LogP contribution in [0.25, 0.3) is 0 Å². The Labute approximate surface area is 107 Å². The predicted octanol–water partition coefficient (Wildman–Crippen LogP) is 1.96. The number of ether oxygens (including phenoxy) is 1. The van der Waals surface area contributed by atoms with Crippen LogP contribution in [0.3, 0.4) is 0 Å². The number of nitrogens with one attached hydrogen (secondary N) is 1. The molecule has 0 aromatic heterocycles. The van der Waals surface area contributed by atoms with Gasteiger partial charge in [0.05, 0.1) is 5.56 Å². The Hall–Kier alpha value is -2.10. The Kier molecular flexibility index (Phi) is 5.64. The van der Waals surface area contributed by atoms with Crippen molar-refractivity contribution in [3.8, 4) is 5.75 Å². The minimum atomic E-state index is -0.242.